The van der Waals surface area contributed by atoms with Gasteiger partial charge in [0.2, 0.25) is 5.95 Å². The first kappa shape index (κ1) is 18.7. The average molecular weight is 418 g/mol. The van der Waals surface area contributed by atoms with E-state index in [9.17, 15) is 4.79 Å². The minimum Gasteiger partial charge on any atom is -0.368 e. The maximum absolute atomic E-state index is 12.7. The number of thiazole rings is 1. The fraction of sp³-hybridized carbons (Fsp3) is 0.333. The summed E-state index contributed by atoms with van der Waals surface area (Å²) < 4.78 is 0. The largest absolute Gasteiger partial charge is 0.368 e. The number of hydrogen-bond acceptors (Lipinski definition) is 7. The number of aromatic nitrogens is 3. The molecule has 28 heavy (non-hydrogen) atoms. The van der Waals surface area contributed by atoms with E-state index in [1.807, 2.05) is 25.1 Å². The number of nitrogens with zero attached hydrogens (tertiary/aromatic N) is 5. The molecule has 3 heterocycles. The van der Waals surface area contributed by atoms with E-state index in [0.717, 1.165) is 21.7 Å². The molecule has 3 N–H and O–H groups in total. The lowest BCUT2D eigenvalue weighted by molar-refractivity contribution is 0.200. The third-order valence-corrected chi connectivity index (χ3v) is 5.78. The van der Waals surface area contributed by atoms with Crippen LogP contribution in [0, 0.1) is 6.92 Å². The zero-order valence-electron chi connectivity index (χ0n) is 15.5. The Labute approximate surface area is 171 Å². The van der Waals surface area contributed by atoms with Crippen LogP contribution in [0.4, 0.5) is 22.2 Å². The summed E-state index contributed by atoms with van der Waals surface area (Å²) in [5.74, 6) is 0.950. The Morgan fingerprint density at radius 1 is 1.36 bits per heavy atom. The van der Waals surface area contributed by atoms with Gasteiger partial charge in [-0.2, -0.15) is 4.98 Å². The summed E-state index contributed by atoms with van der Waals surface area (Å²) in [6.45, 7) is 5.73. The van der Waals surface area contributed by atoms with Crippen molar-refractivity contribution in [3.63, 3.8) is 0 Å². The number of nitrogen functional groups attached to an aromatic ring is 1. The highest BCUT2D eigenvalue weighted by Gasteiger charge is 2.29. The SMILES string of the molecule is Cc1ccc(NC(=O)N2CCN(c3nc(N)nc4scnc34)C(C)C2)c(Cl)c1. The number of aryl methyl sites for hydroxylation is 1. The molecule has 0 spiro atoms. The molecular formula is C18H20ClN7OS. The highest BCUT2D eigenvalue weighted by Crippen LogP contribution is 2.29. The second-order valence-corrected chi connectivity index (χ2v) is 8.05. The molecule has 0 aliphatic carbocycles. The molecule has 1 aromatic carbocycles. The zero-order chi connectivity index (χ0) is 19.8. The van der Waals surface area contributed by atoms with E-state index in [-0.39, 0.29) is 18.0 Å². The summed E-state index contributed by atoms with van der Waals surface area (Å²) in [7, 11) is 0. The Morgan fingerprint density at radius 3 is 2.93 bits per heavy atom. The van der Waals surface area contributed by atoms with Crippen molar-refractivity contribution in [3.8, 4) is 0 Å². The molecule has 0 radical (unpaired) electrons. The number of urea groups is 1. The fourth-order valence-electron chi connectivity index (χ4n) is 3.34. The number of fused-ring (bicyclic) bond motifs is 1. The van der Waals surface area contributed by atoms with Crippen LogP contribution in [0.3, 0.4) is 0 Å². The molecule has 3 aromatic rings. The molecule has 2 amide bonds. The molecule has 1 aliphatic rings. The van der Waals surface area contributed by atoms with E-state index in [1.165, 1.54) is 11.3 Å². The molecule has 2 aromatic heterocycles. The lowest BCUT2D eigenvalue weighted by Crippen LogP contribution is -2.55. The second-order valence-electron chi connectivity index (χ2n) is 6.81. The number of piperazine rings is 1. The van der Waals surface area contributed by atoms with E-state index < -0.39 is 0 Å². The van der Waals surface area contributed by atoms with Crippen molar-refractivity contribution in [2.45, 2.75) is 19.9 Å². The van der Waals surface area contributed by atoms with E-state index in [2.05, 4.69) is 32.1 Å². The van der Waals surface area contributed by atoms with Gasteiger partial charge in [-0.15, -0.1) is 11.3 Å². The third-order valence-electron chi connectivity index (χ3n) is 4.75. The van der Waals surface area contributed by atoms with E-state index in [1.54, 1.807) is 10.4 Å². The van der Waals surface area contributed by atoms with Gasteiger partial charge in [0.15, 0.2) is 10.6 Å². The number of nitrogens with one attached hydrogen (secondary N) is 1. The number of hydrogen-bond donors (Lipinski definition) is 2. The number of amides is 2. The van der Waals surface area contributed by atoms with Gasteiger partial charge < -0.3 is 20.9 Å². The summed E-state index contributed by atoms with van der Waals surface area (Å²) in [6.07, 6.45) is 0. The highest BCUT2D eigenvalue weighted by atomic mass is 35.5. The van der Waals surface area contributed by atoms with Gasteiger partial charge in [0.25, 0.3) is 0 Å². The van der Waals surface area contributed by atoms with E-state index in [0.29, 0.717) is 30.3 Å². The minimum absolute atomic E-state index is 0.0483. The molecule has 1 unspecified atom stereocenters. The molecule has 1 fully saturated rings. The van der Waals surface area contributed by atoms with Gasteiger partial charge in [-0.1, -0.05) is 17.7 Å². The van der Waals surface area contributed by atoms with Gasteiger partial charge in [0.05, 0.1) is 16.2 Å². The maximum atomic E-state index is 12.7. The molecule has 0 bridgehead atoms. The summed E-state index contributed by atoms with van der Waals surface area (Å²) in [6, 6.07) is 5.44. The first-order chi connectivity index (χ1) is 13.4. The number of nitrogens with two attached hydrogens (primary N) is 1. The van der Waals surface area contributed by atoms with Gasteiger partial charge in [0.1, 0.15) is 5.52 Å². The van der Waals surface area contributed by atoms with E-state index >= 15 is 0 Å². The molecule has 1 atom stereocenters. The normalized spacial score (nSPS) is 17.2. The Balaban J connectivity index is 1.49. The van der Waals surface area contributed by atoms with Gasteiger partial charge in [0, 0.05) is 25.7 Å². The second kappa shape index (κ2) is 7.40. The van der Waals surface area contributed by atoms with Crippen LogP contribution in [-0.4, -0.2) is 51.6 Å². The van der Waals surface area contributed by atoms with Crippen molar-refractivity contribution in [1.82, 2.24) is 19.9 Å². The van der Waals surface area contributed by atoms with Crippen molar-refractivity contribution >= 4 is 56.8 Å². The Bertz CT molecular complexity index is 1040. The molecule has 10 heteroatoms. The van der Waals surface area contributed by atoms with Gasteiger partial charge in [-0.05, 0) is 31.5 Å². The average Bonchev–Trinajstić information content (AvgIpc) is 3.11. The maximum Gasteiger partial charge on any atom is 0.322 e. The molecule has 1 saturated heterocycles. The topological polar surface area (TPSA) is 100 Å². The van der Waals surface area contributed by atoms with Crippen LogP contribution in [0.1, 0.15) is 12.5 Å². The van der Waals surface area contributed by atoms with Gasteiger partial charge in [-0.25, -0.2) is 14.8 Å². The molecule has 0 saturated carbocycles. The first-order valence-corrected chi connectivity index (χ1v) is 10.1. The highest BCUT2D eigenvalue weighted by molar-refractivity contribution is 7.16. The number of rotatable bonds is 2. The predicted molar refractivity (Wildman–Crippen MR) is 113 cm³/mol. The van der Waals surface area contributed by atoms with Crippen LogP contribution in [0.5, 0.6) is 0 Å². The molecule has 4 rings (SSSR count). The van der Waals surface area contributed by atoms with Gasteiger partial charge >= 0.3 is 6.03 Å². The number of halogens is 1. The molecule has 146 valence electrons. The predicted octanol–water partition coefficient (Wildman–Crippen LogP) is 3.37. The summed E-state index contributed by atoms with van der Waals surface area (Å²) >= 11 is 7.66. The van der Waals surface area contributed by atoms with Crippen LogP contribution in [0.2, 0.25) is 5.02 Å². The van der Waals surface area contributed by atoms with Gasteiger partial charge in [-0.3, -0.25) is 0 Å². The fourth-order valence-corrected chi connectivity index (χ4v) is 4.28. The molecular weight excluding hydrogens is 398 g/mol. The Kier molecular flexibility index (Phi) is 4.94. The Morgan fingerprint density at radius 2 is 2.18 bits per heavy atom. The number of carbonyl (C=O) groups is 1. The van der Waals surface area contributed by atoms with Crippen LogP contribution in [0.15, 0.2) is 23.7 Å². The number of benzene rings is 1. The monoisotopic (exact) mass is 417 g/mol. The van der Waals surface area contributed by atoms with Crippen molar-refractivity contribution < 1.29 is 4.79 Å². The quantitative estimate of drug-likeness (QED) is 0.663. The minimum atomic E-state index is -0.168. The molecule has 1 aliphatic heterocycles. The van der Waals surface area contributed by atoms with Crippen LogP contribution < -0.4 is 16.0 Å². The van der Waals surface area contributed by atoms with Crippen molar-refractivity contribution in [1.29, 1.82) is 0 Å². The zero-order valence-corrected chi connectivity index (χ0v) is 17.1. The lowest BCUT2D eigenvalue weighted by atomic mass is 10.2. The number of anilines is 3. The van der Waals surface area contributed by atoms with Crippen molar-refractivity contribution in [2.24, 2.45) is 0 Å². The van der Waals surface area contributed by atoms with Crippen molar-refractivity contribution in [2.75, 3.05) is 35.6 Å². The van der Waals surface area contributed by atoms with Crippen LogP contribution in [-0.2, 0) is 0 Å². The Hall–Kier alpha value is -2.65. The molecule has 8 nitrogen and oxygen atoms in total. The standard InChI is InChI=1S/C18H20ClN7OS/c1-10-3-4-13(12(19)7-10)22-18(27)25-5-6-26(11(2)8-25)15-14-16(28-9-21-14)24-17(20)23-15/h3-4,7,9,11H,5-6,8H2,1-2H3,(H,22,27)(H2,20,23,24). The number of carbonyl (C=O) groups excluding carboxylic acids is 1. The van der Waals surface area contributed by atoms with Crippen LogP contribution >= 0.6 is 22.9 Å². The smallest absolute Gasteiger partial charge is 0.322 e. The third kappa shape index (κ3) is 3.55. The van der Waals surface area contributed by atoms with Crippen molar-refractivity contribution in [3.05, 3.63) is 34.3 Å². The van der Waals surface area contributed by atoms with E-state index in [4.69, 9.17) is 17.3 Å². The first-order valence-electron chi connectivity index (χ1n) is 8.88. The van der Waals surface area contributed by atoms with Crippen LogP contribution in [0.25, 0.3) is 10.3 Å². The summed E-state index contributed by atoms with van der Waals surface area (Å²) in [5.41, 5.74) is 10.0. The lowest BCUT2D eigenvalue weighted by Gasteiger charge is -2.40. The summed E-state index contributed by atoms with van der Waals surface area (Å²) in [5, 5.41) is 3.43. The summed E-state index contributed by atoms with van der Waals surface area (Å²) in [4.78, 5) is 30.4.